The van der Waals surface area contributed by atoms with E-state index in [0.717, 1.165) is 55.9 Å². The van der Waals surface area contributed by atoms with Gasteiger partial charge >= 0.3 is 0 Å². The minimum absolute atomic E-state index is 0.616. The van der Waals surface area contributed by atoms with Crippen LogP contribution in [-0.2, 0) is 0 Å². The Bertz CT molecular complexity index is 2220. The topological polar surface area (TPSA) is 51.8 Å². The third-order valence-electron chi connectivity index (χ3n) is 7.97. The molecule has 0 radical (unpaired) electrons. The van der Waals surface area contributed by atoms with Crippen molar-refractivity contribution in [2.24, 2.45) is 0 Å². The Labute approximate surface area is 261 Å². The quantitative estimate of drug-likeness (QED) is 0.197. The fourth-order valence-corrected chi connectivity index (χ4v) is 5.62. The lowest BCUT2D eigenvalue weighted by Gasteiger charge is -2.11. The number of fused-ring (bicyclic) bond motifs is 1. The third-order valence-corrected chi connectivity index (χ3v) is 7.97. The van der Waals surface area contributed by atoms with E-state index in [1.54, 1.807) is 0 Å². The van der Waals surface area contributed by atoms with Crippen LogP contribution < -0.4 is 0 Å². The van der Waals surface area contributed by atoms with Crippen molar-refractivity contribution in [2.45, 2.75) is 0 Å². The molecule has 6 aromatic carbocycles. The van der Waals surface area contributed by atoms with Crippen molar-refractivity contribution in [2.75, 3.05) is 0 Å². The molecule has 0 spiro atoms. The van der Waals surface area contributed by atoms with Crippen LogP contribution in [0.2, 0.25) is 0 Å². The van der Waals surface area contributed by atoms with E-state index in [1.165, 1.54) is 11.1 Å². The number of oxazole rings is 1. The van der Waals surface area contributed by atoms with E-state index in [0.29, 0.717) is 11.7 Å². The summed E-state index contributed by atoms with van der Waals surface area (Å²) in [7, 11) is 0. The van der Waals surface area contributed by atoms with Crippen LogP contribution in [0.15, 0.2) is 168 Å². The van der Waals surface area contributed by atoms with Crippen molar-refractivity contribution in [3.8, 4) is 67.6 Å². The molecule has 2 aromatic heterocycles. The van der Waals surface area contributed by atoms with Gasteiger partial charge in [0.1, 0.15) is 5.52 Å². The van der Waals surface area contributed by atoms with Gasteiger partial charge in [0.05, 0.1) is 11.4 Å². The van der Waals surface area contributed by atoms with Gasteiger partial charge in [0.25, 0.3) is 0 Å². The van der Waals surface area contributed by atoms with Gasteiger partial charge in [0.2, 0.25) is 5.89 Å². The summed E-state index contributed by atoms with van der Waals surface area (Å²) in [5, 5.41) is 0. The summed E-state index contributed by atoms with van der Waals surface area (Å²) in [6.45, 7) is 0. The highest BCUT2D eigenvalue weighted by Crippen LogP contribution is 2.34. The van der Waals surface area contributed by atoms with Gasteiger partial charge in [-0.05, 0) is 41.0 Å². The summed E-state index contributed by atoms with van der Waals surface area (Å²) in [5.41, 5.74) is 11.7. The van der Waals surface area contributed by atoms with E-state index in [4.69, 9.17) is 19.4 Å². The Morgan fingerprint density at radius 2 is 0.844 bits per heavy atom. The van der Waals surface area contributed by atoms with Gasteiger partial charge in [0.15, 0.2) is 11.4 Å². The lowest BCUT2D eigenvalue weighted by molar-refractivity contribution is 0.621. The summed E-state index contributed by atoms with van der Waals surface area (Å²) in [6.07, 6.45) is 0. The molecule has 8 aromatic rings. The van der Waals surface area contributed by atoms with E-state index in [9.17, 15) is 0 Å². The molecule has 0 N–H and O–H groups in total. The Morgan fingerprint density at radius 1 is 0.356 bits per heavy atom. The smallest absolute Gasteiger partial charge is 0.227 e. The average Bonchev–Trinajstić information content (AvgIpc) is 3.58. The number of hydrogen-bond donors (Lipinski definition) is 0. The maximum Gasteiger partial charge on any atom is 0.227 e. The second-order valence-corrected chi connectivity index (χ2v) is 10.9. The minimum Gasteiger partial charge on any atom is -0.435 e. The molecule has 0 unspecified atom stereocenters. The zero-order valence-electron chi connectivity index (χ0n) is 24.3. The van der Waals surface area contributed by atoms with Crippen LogP contribution >= 0.6 is 0 Å². The molecule has 0 atom stereocenters. The van der Waals surface area contributed by atoms with Crippen LogP contribution in [0.1, 0.15) is 0 Å². The average molecular weight is 578 g/mol. The van der Waals surface area contributed by atoms with E-state index in [-0.39, 0.29) is 0 Å². The van der Waals surface area contributed by atoms with Gasteiger partial charge in [-0.3, -0.25) is 0 Å². The lowest BCUT2D eigenvalue weighted by Crippen LogP contribution is -1.96. The van der Waals surface area contributed by atoms with Gasteiger partial charge in [-0.15, -0.1) is 0 Å². The van der Waals surface area contributed by atoms with Crippen LogP contribution in [0.3, 0.4) is 0 Å². The Balaban J connectivity index is 1.17. The molecule has 0 amide bonds. The Morgan fingerprint density at radius 3 is 1.49 bits per heavy atom. The summed E-state index contributed by atoms with van der Waals surface area (Å²) in [4.78, 5) is 14.8. The summed E-state index contributed by atoms with van der Waals surface area (Å²) < 4.78 is 6.28. The predicted molar refractivity (Wildman–Crippen MR) is 182 cm³/mol. The number of benzene rings is 6. The highest BCUT2D eigenvalue weighted by molar-refractivity contribution is 5.92. The monoisotopic (exact) mass is 577 g/mol. The van der Waals surface area contributed by atoms with E-state index >= 15 is 0 Å². The second-order valence-electron chi connectivity index (χ2n) is 10.9. The summed E-state index contributed by atoms with van der Waals surface area (Å²) in [5.74, 6) is 1.29. The third kappa shape index (κ3) is 5.30. The molecule has 2 heterocycles. The van der Waals surface area contributed by atoms with Gasteiger partial charge in [-0.1, -0.05) is 140 Å². The van der Waals surface area contributed by atoms with Gasteiger partial charge in [0, 0.05) is 27.8 Å². The standard InChI is InChI=1S/C41H27N3O/c1-4-11-28(12-5-1)29-19-23-32(24-20-29)38-27-37(31-13-6-2-7-14-31)42-40(43-38)33-25-21-30(22-26-33)35-17-10-18-36-39(35)45-41(44-36)34-15-8-3-9-16-34/h1-27H. The first-order valence-corrected chi connectivity index (χ1v) is 14.9. The first kappa shape index (κ1) is 26.5. The lowest BCUT2D eigenvalue weighted by atomic mass is 10.0. The summed E-state index contributed by atoms with van der Waals surface area (Å²) in [6, 6.07) is 55.7. The van der Waals surface area contributed by atoms with Gasteiger partial charge in [-0.2, -0.15) is 0 Å². The van der Waals surface area contributed by atoms with Gasteiger partial charge in [-0.25, -0.2) is 15.0 Å². The summed E-state index contributed by atoms with van der Waals surface area (Å²) >= 11 is 0. The molecule has 0 saturated heterocycles. The van der Waals surface area contributed by atoms with Crippen LogP contribution in [0.5, 0.6) is 0 Å². The molecule has 4 nitrogen and oxygen atoms in total. The molecule has 0 bridgehead atoms. The molecule has 0 saturated carbocycles. The van der Waals surface area contributed by atoms with Crippen LogP contribution in [0, 0.1) is 0 Å². The molecule has 0 aliphatic heterocycles. The molecular weight excluding hydrogens is 550 g/mol. The zero-order chi connectivity index (χ0) is 30.0. The SMILES string of the molecule is c1ccc(-c2ccc(-c3cc(-c4ccccc4)nc(-c4ccc(-c5cccc6nc(-c7ccccc7)oc56)cc4)n3)cc2)cc1. The van der Waals surface area contributed by atoms with E-state index in [1.807, 2.05) is 66.7 Å². The van der Waals surface area contributed by atoms with Crippen molar-refractivity contribution < 1.29 is 4.42 Å². The van der Waals surface area contributed by atoms with Crippen molar-refractivity contribution >= 4 is 11.1 Å². The largest absolute Gasteiger partial charge is 0.435 e. The normalized spacial score (nSPS) is 11.1. The minimum atomic E-state index is 0.616. The molecule has 8 rings (SSSR count). The van der Waals surface area contributed by atoms with E-state index in [2.05, 4.69) is 97.1 Å². The zero-order valence-corrected chi connectivity index (χ0v) is 24.3. The van der Waals surface area contributed by atoms with E-state index < -0.39 is 0 Å². The molecule has 0 aliphatic rings. The number of rotatable bonds is 6. The highest BCUT2D eigenvalue weighted by atomic mass is 16.3. The maximum atomic E-state index is 6.28. The number of hydrogen-bond acceptors (Lipinski definition) is 4. The molecule has 4 heteroatoms. The number of aromatic nitrogens is 3. The Hall–Kier alpha value is -6.13. The molecule has 212 valence electrons. The molecule has 0 fully saturated rings. The first-order valence-electron chi connectivity index (χ1n) is 14.9. The van der Waals surface area contributed by atoms with Crippen LogP contribution in [0.4, 0.5) is 0 Å². The highest BCUT2D eigenvalue weighted by Gasteiger charge is 2.15. The van der Waals surface area contributed by atoms with Crippen molar-refractivity contribution in [3.05, 3.63) is 164 Å². The number of para-hydroxylation sites is 1. The first-order chi connectivity index (χ1) is 22.3. The van der Waals surface area contributed by atoms with Crippen molar-refractivity contribution in [1.82, 2.24) is 15.0 Å². The maximum absolute atomic E-state index is 6.28. The molecule has 0 aliphatic carbocycles. The molecule has 45 heavy (non-hydrogen) atoms. The van der Waals surface area contributed by atoms with Gasteiger partial charge < -0.3 is 4.42 Å². The second kappa shape index (κ2) is 11.5. The Kier molecular flexibility index (Phi) is 6.78. The van der Waals surface area contributed by atoms with Crippen molar-refractivity contribution in [3.63, 3.8) is 0 Å². The fourth-order valence-electron chi connectivity index (χ4n) is 5.62. The van der Waals surface area contributed by atoms with Crippen LogP contribution in [0.25, 0.3) is 78.7 Å². The van der Waals surface area contributed by atoms with Crippen LogP contribution in [-0.4, -0.2) is 15.0 Å². The predicted octanol–water partition coefficient (Wildman–Crippen LogP) is 10.6. The van der Waals surface area contributed by atoms with Crippen molar-refractivity contribution in [1.29, 1.82) is 0 Å². The number of nitrogens with zero attached hydrogens (tertiary/aromatic N) is 3. The molecular formula is C41H27N3O. The fraction of sp³-hybridized carbons (Fsp3) is 0.